The summed E-state index contributed by atoms with van der Waals surface area (Å²) in [7, 11) is -1.53. The number of nitrogens with one attached hydrogen (secondary N) is 1. The van der Waals surface area contributed by atoms with Crippen molar-refractivity contribution in [3.63, 3.8) is 0 Å². The molecule has 1 aliphatic heterocycles. The second-order valence-corrected chi connectivity index (χ2v) is 7.70. The van der Waals surface area contributed by atoms with Gasteiger partial charge in [0.15, 0.2) is 9.84 Å². The van der Waals surface area contributed by atoms with Crippen molar-refractivity contribution in [3.8, 4) is 0 Å². The van der Waals surface area contributed by atoms with E-state index >= 15 is 0 Å². The van der Waals surface area contributed by atoms with Crippen molar-refractivity contribution in [2.45, 2.75) is 37.9 Å². The molecule has 1 saturated heterocycles. The lowest BCUT2D eigenvalue weighted by molar-refractivity contribution is -0.143. The van der Waals surface area contributed by atoms with Crippen molar-refractivity contribution < 1.29 is 17.9 Å². The zero-order chi connectivity index (χ0) is 14.0. The molecule has 2 fully saturated rings. The van der Waals surface area contributed by atoms with Crippen LogP contribution in [0.25, 0.3) is 0 Å². The molecule has 1 heterocycles. The van der Waals surface area contributed by atoms with Crippen molar-refractivity contribution in [2.24, 2.45) is 0 Å². The lowest BCUT2D eigenvalue weighted by Gasteiger charge is -2.35. The SMILES string of the molecule is COC(=O)C(CN1CCS(=O)(=O)CC1C)NC1CC1. The molecule has 0 radical (unpaired) electrons. The van der Waals surface area contributed by atoms with E-state index in [0.29, 0.717) is 19.1 Å². The van der Waals surface area contributed by atoms with Gasteiger partial charge in [0.25, 0.3) is 0 Å². The summed E-state index contributed by atoms with van der Waals surface area (Å²) >= 11 is 0. The first-order valence-electron chi connectivity index (χ1n) is 6.69. The van der Waals surface area contributed by atoms with E-state index in [0.717, 1.165) is 12.8 Å². The number of rotatable bonds is 5. The largest absolute Gasteiger partial charge is 0.468 e. The van der Waals surface area contributed by atoms with Crippen LogP contribution in [0.2, 0.25) is 0 Å². The van der Waals surface area contributed by atoms with Gasteiger partial charge < -0.3 is 10.1 Å². The first-order chi connectivity index (χ1) is 8.91. The number of nitrogens with zero attached hydrogens (tertiary/aromatic N) is 1. The monoisotopic (exact) mass is 290 g/mol. The quantitative estimate of drug-likeness (QED) is 0.681. The minimum absolute atomic E-state index is 0.0492. The first-order valence-corrected chi connectivity index (χ1v) is 8.52. The third-order valence-corrected chi connectivity index (χ3v) is 5.52. The third-order valence-electron chi connectivity index (χ3n) is 3.73. The maximum Gasteiger partial charge on any atom is 0.324 e. The molecule has 19 heavy (non-hydrogen) atoms. The Morgan fingerprint density at radius 3 is 2.68 bits per heavy atom. The highest BCUT2D eigenvalue weighted by atomic mass is 32.2. The standard InChI is InChI=1S/C12H22N2O4S/c1-9-8-19(16,17)6-5-14(9)7-11(12(15)18-2)13-10-3-4-10/h9-11,13H,3-8H2,1-2H3. The molecule has 2 atom stereocenters. The lowest BCUT2D eigenvalue weighted by Crippen LogP contribution is -2.54. The molecule has 0 aromatic heterocycles. The fourth-order valence-electron chi connectivity index (χ4n) is 2.41. The maximum atomic E-state index is 11.8. The van der Waals surface area contributed by atoms with Crippen LogP contribution in [0.1, 0.15) is 19.8 Å². The summed E-state index contributed by atoms with van der Waals surface area (Å²) in [6, 6.07) is 0.000549. The number of hydrogen-bond acceptors (Lipinski definition) is 6. The van der Waals surface area contributed by atoms with Crippen LogP contribution in [-0.2, 0) is 19.4 Å². The Morgan fingerprint density at radius 2 is 2.16 bits per heavy atom. The van der Waals surface area contributed by atoms with Crippen LogP contribution in [0.5, 0.6) is 0 Å². The molecule has 6 nitrogen and oxygen atoms in total. The summed E-state index contributed by atoms with van der Waals surface area (Å²) in [6.45, 7) is 2.89. The van der Waals surface area contributed by atoms with Gasteiger partial charge in [-0.25, -0.2) is 8.42 Å². The van der Waals surface area contributed by atoms with Crippen molar-refractivity contribution in [1.29, 1.82) is 0 Å². The number of carbonyl (C=O) groups is 1. The Kier molecular flexibility index (Phi) is 4.47. The predicted octanol–water partition coefficient (Wildman–Crippen LogP) is -0.601. The van der Waals surface area contributed by atoms with E-state index in [1.54, 1.807) is 0 Å². The van der Waals surface area contributed by atoms with Crippen molar-refractivity contribution in [2.75, 3.05) is 31.7 Å². The summed E-state index contributed by atoms with van der Waals surface area (Å²) in [4.78, 5) is 13.8. The highest BCUT2D eigenvalue weighted by molar-refractivity contribution is 7.91. The van der Waals surface area contributed by atoms with E-state index in [-0.39, 0.29) is 29.6 Å². The van der Waals surface area contributed by atoms with Crippen molar-refractivity contribution >= 4 is 15.8 Å². The molecular weight excluding hydrogens is 268 g/mol. The number of hydrogen-bond donors (Lipinski definition) is 1. The molecule has 110 valence electrons. The Labute approximate surface area is 114 Å². The van der Waals surface area contributed by atoms with Gasteiger partial charge in [-0.3, -0.25) is 9.69 Å². The van der Waals surface area contributed by atoms with Gasteiger partial charge in [-0.1, -0.05) is 0 Å². The lowest BCUT2D eigenvalue weighted by atomic mass is 10.2. The van der Waals surface area contributed by atoms with Crippen LogP contribution in [0.4, 0.5) is 0 Å². The topological polar surface area (TPSA) is 75.7 Å². The highest BCUT2D eigenvalue weighted by Crippen LogP contribution is 2.20. The molecule has 1 saturated carbocycles. The van der Waals surface area contributed by atoms with E-state index in [2.05, 4.69) is 10.2 Å². The fraction of sp³-hybridized carbons (Fsp3) is 0.917. The van der Waals surface area contributed by atoms with Gasteiger partial charge in [0, 0.05) is 25.2 Å². The van der Waals surface area contributed by atoms with Gasteiger partial charge in [0.05, 0.1) is 18.6 Å². The van der Waals surface area contributed by atoms with Crippen LogP contribution in [0, 0.1) is 0 Å². The van der Waals surface area contributed by atoms with E-state index in [1.165, 1.54) is 7.11 Å². The third kappa shape index (κ3) is 4.15. The number of methoxy groups -OCH3 is 1. The minimum Gasteiger partial charge on any atom is -0.468 e. The molecular formula is C12H22N2O4S. The Balaban J connectivity index is 1.94. The van der Waals surface area contributed by atoms with Crippen LogP contribution in [-0.4, -0.2) is 69.1 Å². The van der Waals surface area contributed by atoms with Crippen LogP contribution < -0.4 is 5.32 Å². The van der Waals surface area contributed by atoms with Gasteiger partial charge in [-0.2, -0.15) is 0 Å². The number of ether oxygens (including phenoxy) is 1. The summed E-state index contributed by atoms with van der Waals surface area (Å²) in [5.74, 6) is 0.0754. The summed E-state index contributed by atoms with van der Waals surface area (Å²) in [5.41, 5.74) is 0. The van der Waals surface area contributed by atoms with Gasteiger partial charge in [0.1, 0.15) is 6.04 Å². The zero-order valence-corrected chi connectivity index (χ0v) is 12.3. The first kappa shape index (κ1) is 14.7. The number of sulfone groups is 1. The zero-order valence-electron chi connectivity index (χ0n) is 11.5. The van der Waals surface area contributed by atoms with Crippen molar-refractivity contribution in [1.82, 2.24) is 10.2 Å². The van der Waals surface area contributed by atoms with Crippen LogP contribution >= 0.6 is 0 Å². The summed E-state index contributed by atoms with van der Waals surface area (Å²) in [6.07, 6.45) is 2.19. The van der Waals surface area contributed by atoms with E-state index < -0.39 is 9.84 Å². The molecule has 2 unspecified atom stereocenters. The average Bonchev–Trinajstić information content (AvgIpc) is 3.13. The average molecular weight is 290 g/mol. The van der Waals surface area contributed by atoms with Gasteiger partial charge in [-0.05, 0) is 19.8 Å². The Morgan fingerprint density at radius 1 is 1.47 bits per heavy atom. The van der Waals surface area contributed by atoms with Crippen LogP contribution in [0.15, 0.2) is 0 Å². The van der Waals surface area contributed by atoms with E-state index in [1.807, 2.05) is 6.92 Å². The molecule has 0 spiro atoms. The molecule has 1 N–H and O–H groups in total. The predicted molar refractivity (Wildman–Crippen MR) is 71.7 cm³/mol. The highest BCUT2D eigenvalue weighted by Gasteiger charge is 2.34. The van der Waals surface area contributed by atoms with Gasteiger partial charge in [0.2, 0.25) is 0 Å². The van der Waals surface area contributed by atoms with E-state index in [9.17, 15) is 13.2 Å². The Hall–Kier alpha value is -0.660. The van der Waals surface area contributed by atoms with Crippen molar-refractivity contribution in [3.05, 3.63) is 0 Å². The Bertz CT molecular complexity index is 433. The molecule has 0 aromatic carbocycles. The second kappa shape index (κ2) is 5.76. The normalized spacial score (nSPS) is 28.8. The smallest absolute Gasteiger partial charge is 0.324 e. The molecule has 1 aliphatic carbocycles. The minimum atomic E-state index is -2.92. The fourth-order valence-corrected chi connectivity index (χ4v) is 4.04. The van der Waals surface area contributed by atoms with Crippen LogP contribution in [0.3, 0.4) is 0 Å². The van der Waals surface area contributed by atoms with E-state index in [4.69, 9.17) is 4.74 Å². The number of esters is 1. The van der Waals surface area contributed by atoms with Gasteiger partial charge in [-0.15, -0.1) is 0 Å². The summed E-state index contributed by atoms with van der Waals surface area (Å²) in [5, 5.41) is 3.26. The molecule has 0 aromatic rings. The molecule has 0 bridgehead atoms. The molecule has 2 aliphatic rings. The summed E-state index contributed by atoms with van der Waals surface area (Å²) < 4.78 is 27.9. The number of carbonyl (C=O) groups excluding carboxylic acids is 1. The maximum absolute atomic E-state index is 11.8. The second-order valence-electron chi connectivity index (χ2n) is 5.48. The molecule has 0 amide bonds. The molecule has 2 rings (SSSR count). The van der Waals surface area contributed by atoms with Gasteiger partial charge >= 0.3 is 5.97 Å². The molecule has 7 heteroatoms.